The smallest absolute Gasteiger partial charge is 0.0253 e. The molecule has 0 spiro atoms. The van der Waals surface area contributed by atoms with Crippen LogP contribution < -0.4 is 5.32 Å². The number of rotatable bonds is 3. The Kier molecular flexibility index (Phi) is 3.60. The number of nitrogens with zero attached hydrogens (tertiary/aromatic N) is 1. The first-order valence-corrected chi connectivity index (χ1v) is 6.00. The largest absolute Gasteiger partial charge is 0.312 e. The molecule has 0 bridgehead atoms. The monoisotopic (exact) mass is 194 g/mol. The summed E-state index contributed by atoms with van der Waals surface area (Å²) in [7, 11) is 0. The van der Waals surface area contributed by atoms with E-state index >= 15 is 0 Å². The van der Waals surface area contributed by atoms with Gasteiger partial charge in [-0.1, -0.05) is 12.2 Å². The molecule has 2 rings (SSSR count). The van der Waals surface area contributed by atoms with Gasteiger partial charge < -0.3 is 5.32 Å². The Labute approximate surface area is 87.4 Å². The zero-order valence-electron chi connectivity index (χ0n) is 9.21. The van der Waals surface area contributed by atoms with Crippen LogP contribution in [0.3, 0.4) is 0 Å². The summed E-state index contributed by atoms with van der Waals surface area (Å²) in [5, 5.41) is 3.64. The van der Waals surface area contributed by atoms with Gasteiger partial charge in [0, 0.05) is 18.6 Å². The topological polar surface area (TPSA) is 15.3 Å². The van der Waals surface area contributed by atoms with E-state index in [1.54, 1.807) is 0 Å². The lowest BCUT2D eigenvalue weighted by atomic mass is 10.0. The van der Waals surface area contributed by atoms with Gasteiger partial charge in [0.1, 0.15) is 0 Å². The number of likely N-dealkylation sites (tertiary alicyclic amines) is 1. The summed E-state index contributed by atoms with van der Waals surface area (Å²) in [5.74, 6) is 0. The lowest BCUT2D eigenvalue weighted by Crippen LogP contribution is -2.43. The van der Waals surface area contributed by atoms with Gasteiger partial charge in [0.25, 0.3) is 0 Å². The molecule has 2 nitrogen and oxygen atoms in total. The second-order valence-electron chi connectivity index (χ2n) is 4.48. The van der Waals surface area contributed by atoms with Crippen LogP contribution in [0.25, 0.3) is 0 Å². The molecule has 0 aliphatic carbocycles. The molecule has 2 saturated heterocycles. The Hall–Kier alpha value is -0.340. The van der Waals surface area contributed by atoms with E-state index in [2.05, 4.69) is 29.3 Å². The van der Waals surface area contributed by atoms with Crippen LogP contribution in [0.4, 0.5) is 0 Å². The van der Waals surface area contributed by atoms with Crippen LogP contribution in [-0.4, -0.2) is 36.6 Å². The summed E-state index contributed by atoms with van der Waals surface area (Å²) in [6.07, 6.45) is 10.00. The van der Waals surface area contributed by atoms with E-state index < -0.39 is 0 Å². The zero-order chi connectivity index (χ0) is 9.80. The molecule has 0 radical (unpaired) electrons. The Bertz CT molecular complexity index is 194. The molecule has 2 unspecified atom stereocenters. The molecule has 0 aromatic carbocycles. The minimum absolute atomic E-state index is 0.780. The van der Waals surface area contributed by atoms with Gasteiger partial charge >= 0.3 is 0 Å². The Morgan fingerprint density at radius 1 is 1.36 bits per heavy atom. The normalized spacial score (nSPS) is 34.6. The SMILES string of the molecule is CC=CCN1CCCC1C1CCCN1. The summed E-state index contributed by atoms with van der Waals surface area (Å²) in [6.45, 7) is 5.80. The third-order valence-corrected chi connectivity index (χ3v) is 3.55. The average Bonchev–Trinajstić information content (AvgIpc) is 2.84. The van der Waals surface area contributed by atoms with E-state index in [-0.39, 0.29) is 0 Å². The van der Waals surface area contributed by atoms with Crippen molar-refractivity contribution in [2.24, 2.45) is 0 Å². The molecule has 2 atom stereocenters. The molecule has 0 saturated carbocycles. The van der Waals surface area contributed by atoms with Crippen molar-refractivity contribution >= 4 is 0 Å². The van der Waals surface area contributed by atoms with Crippen molar-refractivity contribution in [1.29, 1.82) is 0 Å². The molecule has 2 aliphatic rings. The van der Waals surface area contributed by atoms with Gasteiger partial charge in [0.15, 0.2) is 0 Å². The van der Waals surface area contributed by atoms with Crippen LogP contribution >= 0.6 is 0 Å². The van der Waals surface area contributed by atoms with Gasteiger partial charge in [-0.3, -0.25) is 4.90 Å². The standard InChI is InChI=1S/C12H22N2/c1-2-3-9-14-10-5-7-12(14)11-6-4-8-13-11/h2-3,11-13H,4-10H2,1H3. The van der Waals surface area contributed by atoms with Crippen molar-refractivity contribution in [2.75, 3.05) is 19.6 Å². The average molecular weight is 194 g/mol. The number of hydrogen-bond acceptors (Lipinski definition) is 2. The van der Waals surface area contributed by atoms with E-state index in [0.717, 1.165) is 18.6 Å². The van der Waals surface area contributed by atoms with Gasteiger partial charge in [0.2, 0.25) is 0 Å². The van der Waals surface area contributed by atoms with Crippen molar-refractivity contribution in [3.63, 3.8) is 0 Å². The molecular formula is C12H22N2. The molecule has 0 aromatic rings. The Morgan fingerprint density at radius 3 is 3.00 bits per heavy atom. The number of nitrogens with one attached hydrogen (secondary N) is 1. The number of allylic oxidation sites excluding steroid dienone is 1. The molecule has 2 heterocycles. The summed E-state index contributed by atoms with van der Waals surface area (Å²) in [5.41, 5.74) is 0. The Morgan fingerprint density at radius 2 is 2.29 bits per heavy atom. The molecule has 0 amide bonds. The molecule has 2 fully saturated rings. The third kappa shape index (κ3) is 2.18. The highest BCUT2D eigenvalue weighted by molar-refractivity contribution is 4.95. The van der Waals surface area contributed by atoms with Crippen LogP contribution in [0.5, 0.6) is 0 Å². The van der Waals surface area contributed by atoms with Gasteiger partial charge in [0.05, 0.1) is 0 Å². The summed E-state index contributed by atoms with van der Waals surface area (Å²) in [6, 6.07) is 1.59. The van der Waals surface area contributed by atoms with E-state index in [0.29, 0.717) is 0 Å². The third-order valence-electron chi connectivity index (χ3n) is 3.55. The van der Waals surface area contributed by atoms with Crippen LogP contribution in [0, 0.1) is 0 Å². The molecule has 2 heteroatoms. The quantitative estimate of drug-likeness (QED) is 0.689. The predicted octanol–water partition coefficient (Wildman–Crippen LogP) is 1.78. The highest BCUT2D eigenvalue weighted by Crippen LogP contribution is 2.24. The van der Waals surface area contributed by atoms with Crippen LogP contribution in [0.15, 0.2) is 12.2 Å². The van der Waals surface area contributed by atoms with Gasteiger partial charge in [-0.15, -0.1) is 0 Å². The van der Waals surface area contributed by atoms with Crippen molar-refractivity contribution in [3.05, 3.63) is 12.2 Å². The maximum absolute atomic E-state index is 3.64. The summed E-state index contributed by atoms with van der Waals surface area (Å²) in [4.78, 5) is 2.64. The first-order valence-electron chi connectivity index (χ1n) is 6.00. The van der Waals surface area contributed by atoms with Crippen LogP contribution in [-0.2, 0) is 0 Å². The second-order valence-corrected chi connectivity index (χ2v) is 4.48. The maximum Gasteiger partial charge on any atom is 0.0253 e. The van der Waals surface area contributed by atoms with Crippen LogP contribution in [0.2, 0.25) is 0 Å². The van der Waals surface area contributed by atoms with E-state index in [1.807, 2.05) is 0 Å². The maximum atomic E-state index is 3.64. The van der Waals surface area contributed by atoms with Crippen molar-refractivity contribution in [3.8, 4) is 0 Å². The molecule has 1 N–H and O–H groups in total. The minimum Gasteiger partial charge on any atom is -0.312 e. The van der Waals surface area contributed by atoms with Crippen LogP contribution in [0.1, 0.15) is 32.6 Å². The van der Waals surface area contributed by atoms with Crippen molar-refractivity contribution in [2.45, 2.75) is 44.7 Å². The summed E-state index contributed by atoms with van der Waals surface area (Å²) < 4.78 is 0. The second kappa shape index (κ2) is 4.94. The fourth-order valence-electron chi connectivity index (χ4n) is 2.81. The highest BCUT2D eigenvalue weighted by Gasteiger charge is 2.32. The molecule has 14 heavy (non-hydrogen) atoms. The van der Waals surface area contributed by atoms with E-state index in [9.17, 15) is 0 Å². The fraction of sp³-hybridized carbons (Fsp3) is 0.833. The predicted molar refractivity (Wildman–Crippen MR) is 60.4 cm³/mol. The lowest BCUT2D eigenvalue weighted by molar-refractivity contribution is 0.235. The van der Waals surface area contributed by atoms with E-state index in [4.69, 9.17) is 0 Å². The lowest BCUT2D eigenvalue weighted by Gasteiger charge is -2.28. The minimum atomic E-state index is 0.780. The van der Waals surface area contributed by atoms with Gasteiger partial charge in [-0.25, -0.2) is 0 Å². The molecule has 80 valence electrons. The fourth-order valence-corrected chi connectivity index (χ4v) is 2.81. The molecule has 2 aliphatic heterocycles. The van der Waals surface area contributed by atoms with E-state index in [1.165, 1.54) is 38.8 Å². The van der Waals surface area contributed by atoms with Gasteiger partial charge in [-0.2, -0.15) is 0 Å². The number of hydrogen-bond donors (Lipinski definition) is 1. The summed E-state index contributed by atoms with van der Waals surface area (Å²) >= 11 is 0. The van der Waals surface area contributed by atoms with Crippen molar-refractivity contribution < 1.29 is 0 Å². The first-order chi connectivity index (χ1) is 6.92. The molecule has 0 aromatic heterocycles. The zero-order valence-corrected chi connectivity index (χ0v) is 9.21. The highest BCUT2D eigenvalue weighted by atomic mass is 15.2. The van der Waals surface area contributed by atoms with Crippen molar-refractivity contribution in [1.82, 2.24) is 10.2 Å². The molecular weight excluding hydrogens is 172 g/mol. The van der Waals surface area contributed by atoms with Gasteiger partial charge in [-0.05, 0) is 45.7 Å². The Balaban J connectivity index is 1.88. The first kappa shape index (κ1) is 10.2.